The fourth-order valence-electron chi connectivity index (χ4n) is 4.06. The molecule has 9 nitrogen and oxygen atoms in total. The number of aromatic nitrogens is 2. The summed E-state index contributed by atoms with van der Waals surface area (Å²) in [6.45, 7) is 10.1. The number of piperazine rings is 1. The molecule has 32 heavy (non-hydrogen) atoms. The van der Waals surface area contributed by atoms with Crippen molar-refractivity contribution in [3.05, 3.63) is 35.0 Å². The normalized spacial score (nSPS) is 18.0. The third-order valence-electron chi connectivity index (χ3n) is 5.41. The molecule has 1 amide bonds. The molecule has 1 aromatic carbocycles. The number of carbonyl (C=O) groups excluding carboxylic acids is 1. The van der Waals surface area contributed by atoms with Crippen molar-refractivity contribution in [2.24, 2.45) is 0 Å². The van der Waals surface area contributed by atoms with Gasteiger partial charge in [0.05, 0.1) is 12.6 Å². The number of hydrogen-bond acceptors (Lipinski definition) is 8. The van der Waals surface area contributed by atoms with Crippen LogP contribution >= 0.6 is 0 Å². The summed E-state index contributed by atoms with van der Waals surface area (Å²) in [6.07, 6.45) is 0.510. The molecular formula is C23H32N6O3. The van der Waals surface area contributed by atoms with Gasteiger partial charge in [0.15, 0.2) is 0 Å². The first-order chi connectivity index (χ1) is 15.2. The van der Waals surface area contributed by atoms with E-state index in [0.717, 1.165) is 47.0 Å². The van der Waals surface area contributed by atoms with Crippen LogP contribution in [0.3, 0.4) is 0 Å². The number of carbonyl (C=O) groups is 1. The molecule has 0 spiro atoms. The van der Waals surface area contributed by atoms with E-state index in [9.17, 15) is 4.79 Å². The monoisotopic (exact) mass is 440 g/mol. The Labute approximate surface area is 188 Å². The van der Waals surface area contributed by atoms with Gasteiger partial charge < -0.3 is 25.4 Å². The molecule has 3 heterocycles. The van der Waals surface area contributed by atoms with E-state index in [2.05, 4.69) is 32.0 Å². The molecule has 172 valence electrons. The molecule has 4 rings (SSSR count). The summed E-state index contributed by atoms with van der Waals surface area (Å²) in [5, 5.41) is 9.80. The maximum atomic E-state index is 13.0. The summed E-state index contributed by atoms with van der Waals surface area (Å²) in [5.41, 5.74) is 3.25. The van der Waals surface area contributed by atoms with Crippen molar-refractivity contribution >= 4 is 23.5 Å². The average molecular weight is 441 g/mol. The summed E-state index contributed by atoms with van der Waals surface area (Å²) in [7, 11) is 1.83. The molecule has 3 N–H and O–H groups in total. The highest BCUT2D eigenvalue weighted by molar-refractivity contribution is 5.70. The van der Waals surface area contributed by atoms with Crippen LogP contribution in [0.5, 0.6) is 5.75 Å². The van der Waals surface area contributed by atoms with Crippen LogP contribution in [0.25, 0.3) is 0 Å². The molecule has 1 saturated heterocycles. The Morgan fingerprint density at radius 2 is 2.09 bits per heavy atom. The SMILES string of the molecule is CNc1cc(C)nc(Nc2cc3c(c(C4CNCCN4C(=O)OC(C)(C)C)c2)OCC3)n1. The Morgan fingerprint density at radius 1 is 1.28 bits per heavy atom. The summed E-state index contributed by atoms with van der Waals surface area (Å²) in [6, 6.07) is 5.80. The third-order valence-corrected chi connectivity index (χ3v) is 5.41. The van der Waals surface area contributed by atoms with Crippen LogP contribution in [-0.4, -0.2) is 59.9 Å². The first-order valence-electron chi connectivity index (χ1n) is 11.0. The van der Waals surface area contributed by atoms with Crippen molar-refractivity contribution < 1.29 is 14.3 Å². The number of amides is 1. The van der Waals surface area contributed by atoms with Gasteiger partial charge in [-0.3, -0.25) is 4.90 Å². The van der Waals surface area contributed by atoms with Gasteiger partial charge in [0, 0.05) is 56.1 Å². The zero-order valence-corrected chi connectivity index (χ0v) is 19.4. The van der Waals surface area contributed by atoms with Gasteiger partial charge in [0.25, 0.3) is 0 Å². The quantitative estimate of drug-likeness (QED) is 0.665. The first-order valence-corrected chi connectivity index (χ1v) is 11.0. The fraction of sp³-hybridized carbons (Fsp3) is 0.522. The molecule has 1 atom stereocenters. The molecule has 1 unspecified atom stereocenters. The van der Waals surface area contributed by atoms with Gasteiger partial charge in [0.2, 0.25) is 5.95 Å². The number of rotatable bonds is 4. The number of nitrogens with one attached hydrogen (secondary N) is 3. The second-order valence-corrected chi connectivity index (χ2v) is 9.14. The van der Waals surface area contributed by atoms with Crippen LogP contribution in [0.2, 0.25) is 0 Å². The predicted octanol–water partition coefficient (Wildman–Crippen LogP) is 3.39. The number of aryl methyl sites for hydroxylation is 1. The lowest BCUT2D eigenvalue weighted by atomic mass is 9.98. The minimum atomic E-state index is -0.554. The predicted molar refractivity (Wildman–Crippen MR) is 124 cm³/mol. The minimum Gasteiger partial charge on any atom is -0.493 e. The summed E-state index contributed by atoms with van der Waals surface area (Å²) in [5.74, 6) is 2.13. The highest BCUT2D eigenvalue weighted by atomic mass is 16.6. The number of nitrogens with zero attached hydrogens (tertiary/aromatic N) is 3. The highest BCUT2D eigenvalue weighted by Crippen LogP contribution is 2.40. The van der Waals surface area contributed by atoms with Crippen molar-refractivity contribution in [3.8, 4) is 5.75 Å². The first kappa shape index (κ1) is 22.1. The van der Waals surface area contributed by atoms with Crippen LogP contribution in [0.15, 0.2) is 18.2 Å². The minimum absolute atomic E-state index is 0.196. The van der Waals surface area contributed by atoms with E-state index in [1.54, 1.807) is 4.90 Å². The van der Waals surface area contributed by atoms with Gasteiger partial charge in [-0.25, -0.2) is 9.78 Å². The van der Waals surface area contributed by atoms with Crippen molar-refractivity contribution in [2.75, 3.05) is 43.9 Å². The number of fused-ring (bicyclic) bond motifs is 1. The molecule has 9 heteroatoms. The Hall–Kier alpha value is -3.07. The second-order valence-electron chi connectivity index (χ2n) is 9.14. The molecule has 2 aliphatic heterocycles. The van der Waals surface area contributed by atoms with Crippen molar-refractivity contribution in [2.45, 2.75) is 45.8 Å². The van der Waals surface area contributed by atoms with Crippen molar-refractivity contribution in [1.82, 2.24) is 20.2 Å². The fourth-order valence-corrected chi connectivity index (χ4v) is 4.06. The highest BCUT2D eigenvalue weighted by Gasteiger charge is 2.34. The molecular weight excluding hydrogens is 408 g/mol. The molecule has 1 fully saturated rings. The van der Waals surface area contributed by atoms with Gasteiger partial charge in [-0.15, -0.1) is 0 Å². The molecule has 2 aliphatic rings. The van der Waals surface area contributed by atoms with Gasteiger partial charge in [-0.1, -0.05) is 0 Å². The summed E-state index contributed by atoms with van der Waals surface area (Å²) >= 11 is 0. The number of hydrogen-bond donors (Lipinski definition) is 3. The molecule has 0 aliphatic carbocycles. The van der Waals surface area contributed by atoms with Crippen LogP contribution in [0.4, 0.5) is 22.2 Å². The van der Waals surface area contributed by atoms with Crippen LogP contribution in [-0.2, 0) is 11.2 Å². The Morgan fingerprint density at radius 3 is 2.84 bits per heavy atom. The van der Waals surface area contributed by atoms with Crippen molar-refractivity contribution in [3.63, 3.8) is 0 Å². The third kappa shape index (κ3) is 4.88. The van der Waals surface area contributed by atoms with Gasteiger partial charge in [-0.05, 0) is 45.4 Å². The van der Waals surface area contributed by atoms with Gasteiger partial charge in [0.1, 0.15) is 17.2 Å². The van der Waals surface area contributed by atoms with Gasteiger partial charge >= 0.3 is 6.09 Å². The lowest BCUT2D eigenvalue weighted by molar-refractivity contribution is 0.0116. The Bertz CT molecular complexity index is 1000. The molecule has 0 bridgehead atoms. The van der Waals surface area contributed by atoms with E-state index >= 15 is 0 Å². The van der Waals surface area contributed by atoms with Crippen molar-refractivity contribution in [1.29, 1.82) is 0 Å². The standard InChI is InChI=1S/C23H32N6O3/c1-14-10-19(24-5)28-21(26-14)27-16-11-15-6-9-31-20(15)17(12-16)18-13-25-7-8-29(18)22(30)32-23(2,3)4/h10-12,18,25H,6-9,13H2,1-5H3,(H2,24,26,27,28). The summed E-state index contributed by atoms with van der Waals surface area (Å²) in [4.78, 5) is 23.8. The van der Waals surface area contributed by atoms with E-state index in [0.29, 0.717) is 25.6 Å². The second kappa shape index (κ2) is 8.82. The molecule has 2 aromatic rings. The number of benzene rings is 1. The van der Waals surface area contributed by atoms with E-state index in [4.69, 9.17) is 9.47 Å². The Kier molecular flexibility index (Phi) is 6.10. The van der Waals surface area contributed by atoms with Crippen LogP contribution < -0.4 is 20.7 Å². The van der Waals surface area contributed by atoms with E-state index in [1.807, 2.05) is 46.9 Å². The Balaban J connectivity index is 1.68. The smallest absolute Gasteiger partial charge is 0.410 e. The topological polar surface area (TPSA) is 101 Å². The summed E-state index contributed by atoms with van der Waals surface area (Å²) < 4.78 is 11.7. The van der Waals surface area contributed by atoms with E-state index in [-0.39, 0.29) is 12.1 Å². The maximum absolute atomic E-state index is 13.0. The van der Waals surface area contributed by atoms with E-state index < -0.39 is 5.60 Å². The zero-order chi connectivity index (χ0) is 22.9. The lowest BCUT2D eigenvalue weighted by Crippen LogP contribution is -2.50. The average Bonchev–Trinajstić information content (AvgIpc) is 3.20. The molecule has 0 saturated carbocycles. The maximum Gasteiger partial charge on any atom is 0.410 e. The van der Waals surface area contributed by atoms with Crippen LogP contribution in [0.1, 0.15) is 43.6 Å². The molecule has 0 radical (unpaired) electrons. The molecule has 1 aromatic heterocycles. The largest absolute Gasteiger partial charge is 0.493 e. The number of ether oxygens (including phenoxy) is 2. The number of anilines is 3. The lowest BCUT2D eigenvalue weighted by Gasteiger charge is -2.38. The zero-order valence-electron chi connectivity index (χ0n) is 19.4. The van der Waals surface area contributed by atoms with E-state index in [1.165, 1.54) is 0 Å². The van der Waals surface area contributed by atoms with Gasteiger partial charge in [-0.2, -0.15) is 4.98 Å². The van der Waals surface area contributed by atoms with Crippen LogP contribution in [0, 0.1) is 6.92 Å².